The number of nitrogens with one attached hydrogen (secondary N) is 1. The fourth-order valence-corrected chi connectivity index (χ4v) is 3.21. The van der Waals surface area contributed by atoms with E-state index in [0.29, 0.717) is 5.56 Å². The molecule has 0 fully saturated rings. The molecular weight excluding hydrogens is 336 g/mol. The molecule has 0 radical (unpaired) electrons. The van der Waals surface area contributed by atoms with E-state index in [1.54, 1.807) is 11.3 Å². The first-order valence-electron chi connectivity index (χ1n) is 7.39. The average Bonchev–Trinajstić information content (AvgIpc) is 3.05. The molecule has 0 saturated heterocycles. The van der Waals surface area contributed by atoms with Crippen LogP contribution in [0.3, 0.4) is 0 Å². The van der Waals surface area contributed by atoms with E-state index in [-0.39, 0.29) is 29.4 Å². The summed E-state index contributed by atoms with van der Waals surface area (Å²) < 4.78 is 34.1. The largest absolute Gasteiger partial charge is 0.493 e. The van der Waals surface area contributed by atoms with E-state index in [0.717, 1.165) is 4.88 Å². The van der Waals surface area contributed by atoms with Crippen LogP contribution in [0.1, 0.15) is 35.1 Å². The Hall–Kier alpha value is -2.15. The van der Waals surface area contributed by atoms with Crippen molar-refractivity contribution >= 4 is 17.2 Å². The molecule has 2 aromatic rings. The van der Waals surface area contributed by atoms with Gasteiger partial charge in [0, 0.05) is 10.4 Å². The monoisotopic (exact) mass is 355 g/mol. The number of ether oxygens (including phenoxy) is 2. The molecule has 1 atom stereocenters. The molecule has 0 saturated carbocycles. The first-order valence-corrected chi connectivity index (χ1v) is 8.27. The molecule has 1 N–H and O–H groups in total. The van der Waals surface area contributed by atoms with Gasteiger partial charge in [0.25, 0.3) is 5.91 Å². The maximum atomic E-state index is 12.5. The average molecular weight is 355 g/mol. The third-order valence-electron chi connectivity index (χ3n) is 3.44. The van der Waals surface area contributed by atoms with E-state index >= 15 is 0 Å². The van der Waals surface area contributed by atoms with Gasteiger partial charge in [-0.2, -0.15) is 8.78 Å². The fraction of sp³-hybridized carbons (Fsp3) is 0.353. The Morgan fingerprint density at radius 2 is 1.96 bits per heavy atom. The van der Waals surface area contributed by atoms with Gasteiger partial charge in [-0.15, -0.1) is 11.3 Å². The highest BCUT2D eigenvalue weighted by atomic mass is 32.1. The van der Waals surface area contributed by atoms with Gasteiger partial charge in [0.15, 0.2) is 11.5 Å². The Morgan fingerprint density at radius 1 is 1.21 bits per heavy atom. The summed E-state index contributed by atoms with van der Waals surface area (Å²) in [6, 6.07) is 7.90. The number of hydrogen-bond donors (Lipinski definition) is 1. The number of amides is 1. The summed E-state index contributed by atoms with van der Waals surface area (Å²) in [7, 11) is 1.33. The van der Waals surface area contributed by atoms with Gasteiger partial charge < -0.3 is 14.8 Å². The Bertz CT molecular complexity index is 674. The minimum Gasteiger partial charge on any atom is -0.493 e. The van der Waals surface area contributed by atoms with Gasteiger partial charge in [0.05, 0.1) is 13.2 Å². The number of hydrogen-bond acceptors (Lipinski definition) is 4. The minimum absolute atomic E-state index is 0.0835. The van der Waals surface area contributed by atoms with Crippen molar-refractivity contribution in [3.05, 3.63) is 46.2 Å². The fourth-order valence-electron chi connectivity index (χ4n) is 2.26. The van der Waals surface area contributed by atoms with Crippen molar-refractivity contribution < 1.29 is 23.0 Å². The smallest absolute Gasteiger partial charge is 0.387 e. The van der Waals surface area contributed by atoms with Crippen molar-refractivity contribution in [2.24, 2.45) is 5.92 Å². The van der Waals surface area contributed by atoms with Gasteiger partial charge >= 0.3 is 6.61 Å². The number of halogens is 2. The van der Waals surface area contributed by atoms with Crippen molar-refractivity contribution in [2.75, 3.05) is 7.11 Å². The van der Waals surface area contributed by atoms with Crippen molar-refractivity contribution in [1.82, 2.24) is 5.32 Å². The van der Waals surface area contributed by atoms with Crippen LogP contribution in [0.2, 0.25) is 0 Å². The topological polar surface area (TPSA) is 47.6 Å². The SMILES string of the molecule is COc1cc(C(=O)N[C@@H](c2cccs2)C(C)C)ccc1OC(F)F. The zero-order valence-electron chi connectivity index (χ0n) is 13.6. The van der Waals surface area contributed by atoms with Crippen molar-refractivity contribution in [3.63, 3.8) is 0 Å². The number of thiophene rings is 1. The van der Waals surface area contributed by atoms with Crippen LogP contribution in [0.25, 0.3) is 0 Å². The summed E-state index contributed by atoms with van der Waals surface area (Å²) >= 11 is 1.57. The number of alkyl halides is 2. The highest BCUT2D eigenvalue weighted by Gasteiger charge is 2.21. The number of carbonyl (C=O) groups excluding carboxylic acids is 1. The van der Waals surface area contributed by atoms with E-state index in [4.69, 9.17) is 4.74 Å². The van der Waals surface area contributed by atoms with Crippen LogP contribution in [-0.2, 0) is 0 Å². The minimum atomic E-state index is -2.96. The number of benzene rings is 1. The van der Waals surface area contributed by atoms with Gasteiger partial charge in [0.1, 0.15) is 0 Å². The summed E-state index contributed by atoms with van der Waals surface area (Å²) in [5, 5.41) is 4.93. The molecule has 130 valence electrons. The van der Waals surface area contributed by atoms with Gasteiger partial charge in [-0.25, -0.2) is 0 Å². The predicted molar refractivity (Wildman–Crippen MR) is 89.0 cm³/mol. The van der Waals surface area contributed by atoms with Crippen LogP contribution in [-0.4, -0.2) is 19.6 Å². The van der Waals surface area contributed by atoms with Crippen LogP contribution < -0.4 is 14.8 Å². The van der Waals surface area contributed by atoms with Gasteiger partial charge in [-0.1, -0.05) is 19.9 Å². The summed E-state index contributed by atoms with van der Waals surface area (Å²) in [5.41, 5.74) is 0.315. The Kier molecular flexibility index (Phi) is 6.14. The normalized spacial score (nSPS) is 12.3. The Balaban J connectivity index is 2.19. The van der Waals surface area contributed by atoms with Crippen molar-refractivity contribution in [3.8, 4) is 11.5 Å². The zero-order valence-corrected chi connectivity index (χ0v) is 14.4. The van der Waals surface area contributed by atoms with Gasteiger partial charge in [-0.05, 0) is 35.6 Å². The van der Waals surface area contributed by atoms with Crippen molar-refractivity contribution in [2.45, 2.75) is 26.5 Å². The number of methoxy groups -OCH3 is 1. The van der Waals surface area contributed by atoms with Crippen LogP contribution >= 0.6 is 11.3 Å². The highest BCUT2D eigenvalue weighted by Crippen LogP contribution is 2.30. The van der Waals surface area contributed by atoms with Crippen LogP contribution in [0, 0.1) is 5.92 Å². The molecule has 0 aliphatic heterocycles. The Morgan fingerprint density at radius 3 is 2.50 bits per heavy atom. The van der Waals surface area contributed by atoms with Gasteiger partial charge in [0.2, 0.25) is 0 Å². The van der Waals surface area contributed by atoms with Crippen molar-refractivity contribution in [1.29, 1.82) is 0 Å². The third-order valence-corrected chi connectivity index (χ3v) is 4.40. The molecule has 1 heterocycles. The predicted octanol–water partition coefficient (Wildman–Crippen LogP) is 4.49. The lowest BCUT2D eigenvalue weighted by molar-refractivity contribution is -0.0512. The lowest BCUT2D eigenvalue weighted by Crippen LogP contribution is -2.31. The molecule has 0 spiro atoms. The van der Waals surface area contributed by atoms with Crippen LogP contribution in [0.5, 0.6) is 11.5 Å². The van der Waals surface area contributed by atoms with E-state index in [2.05, 4.69) is 10.1 Å². The second-order valence-corrected chi connectivity index (χ2v) is 6.43. The second kappa shape index (κ2) is 8.10. The molecule has 0 aliphatic carbocycles. The zero-order chi connectivity index (χ0) is 17.7. The lowest BCUT2D eigenvalue weighted by atomic mass is 10.0. The Labute approximate surface area is 143 Å². The summed E-state index contributed by atoms with van der Waals surface area (Å²) in [5.74, 6) is -0.122. The quantitative estimate of drug-likeness (QED) is 0.796. The number of carbonyl (C=O) groups is 1. The summed E-state index contributed by atoms with van der Waals surface area (Å²) in [4.78, 5) is 13.6. The maximum Gasteiger partial charge on any atom is 0.387 e. The van der Waals surface area contributed by atoms with E-state index in [1.165, 1.54) is 25.3 Å². The molecule has 0 bridgehead atoms. The first-order chi connectivity index (χ1) is 11.4. The number of rotatable bonds is 7. The molecule has 1 aromatic heterocycles. The molecule has 1 aromatic carbocycles. The molecular formula is C17H19F2NO3S. The van der Waals surface area contributed by atoms with Crippen LogP contribution in [0.4, 0.5) is 8.78 Å². The summed E-state index contributed by atoms with van der Waals surface area (Å²) in [6.45, 7) is 1.08. The molecule has 0 unspecified atom stereocenters. The molecule has 2 rings (SSSR count). The third kappa shape index (κ3) is 4.44. The summed E-state index contributed by atoms with van der Waals surface area (Å²) in [6.07, 6.45) is 0. The molecule has 0 aliphatic rings. The van der Waals surface area contributed by atoms with Gasteiger partial charge in [-0.3, -0.25) is 4.79 Å². The van der Waals surface area contributed by atoms with Crippen LogP contribution in [0.15, 0.2) is 35.7 Å². The standard InChI is InChI=1S/C17H19F2NO3S/c1-10(2)15(14-5-4-8-24-14)20-16(21)11-6-7-12(23-17(18)19)13(9-11)22-3/h4-10,15,17H,1-3H3,(H,20,21)/t15-/m1/s1. The molecule has 4 nitrogen and oxygen atoms in total. The van der Waals surface area contributed by atoms with E-state index in [1.807, 2.05) is 31.4 Å². The molecule has 24 heavy (non-hydrogen) atoms. The first kappa shape index (κ1) is 18.2. The highest BCUT2D eigenvalue weighted by molar-refractivity contribution is 7.10. The molecule has 7 heteroatoms. The lowest BCUT2D eigenvalue weighted by Gasteiger charge is -2.21. The molecule has 1 amide bonds. The maximum absolute atomic E-state index is 12.5. The second-order valence-electron chi connectivity index (χ2n) is 5.45. The van der Waals surface area contributed by atoms with E-state index in [9.17, 15) is 13.6 Å². The van der Waals surface area contributed by atoms with E-state index < -0.39 is 6.61 Å².